The van der Waals surface area contributed by atoms with E-state index in [0.717, 1.165) is 30.5 Å². The lowest BCUT2D eigenvalue weighted by molar-refractivity contribution is 0.0779. The summed E-state index contributed by atoms with van der Waals surface area (Å²) in [5.41, 5.74) is 11.3. The van der Waals surface area contributed by atoms with E-state index in [1.54, 1.807) is 0 Å². The molecule has 1 aromatic heterocycles. The minimum atomic E-state index is 0.0507. The third kappa shape index (κ3) is 3.15. The van der Waals surface area contributed by atoms with E-state index in [1.807, 2.05) is 46.0 Å². The summed E-state index contributed by atoms with van der Waals surface area (Å²) in [4.78, 5) is 15.5. The van der Waals surface area contributed by atoms with E-state index in [2.05, 4.69) is 24.3 Å². The fraction of sp³-hybridized carbons (Fsp3) is 0.333. The fourth-order valence-corrected chi connectivity index (χ4v) is 4.90. The van der Waals surface area contributed by atoms with Gasteiger partial charge in [0.15, 0.2) is 5.69 Å². The van der Waals surface area contributed by atoms with Gasteiger partial charge in [-0.25, -0.2) is 4.68 Å². The average molecular weight is 386 g/mol. The summed E-state index contributed by atoms with van der Waals surface area (Å²) in [5, 5.41) is 4.79. The van der Waals surface area contributed by atoms with Gasteiger partial charge in [0.1, 0.15) is 0 Å². The maximum atomic E-state index is 13.5. The Bertz CT molecular complexity index is 1010. The number of nitrogens with two attached hydrogens (primary N) is 1. The number of likely N-dealkylation sites (tertiary alicyclic amines) is 1. The summed E-state index contributed by atoms with van der Waals surface area (Å²) in [6.45, 7) is 1.99. The van der Waals surface area contributed by atoms with Crippen LogP contribution in [0.1, 0.15) is 39.6 Å². The molecule has 0 spiro atoms. The minimum Gasteiger partial charge on any atom is -0.336 e. The SMILES string of the molecule is NC[C@@H]1CN(C(=O)c2nn(-c3ccccc3)c3c2CCC3)C[C@H]1c1ccccc1. The molecule has 148 valence electrons. The van der Waals surface area contributed by atoms with Crippen LogP contribution in [0.5, 0.6) is 0 Å². The predicted molar refractivity (Wildman–Crippen MR) is 113 cm³/mol. The molecule has 1 fully saturated rings. The molecule has 2 aromatic carbocycles. The van der Waals surface area contributed by atoms with Crippen molar-refractivity contribution in [3.05, 3.63) is 83.2 Å². The van der Waals surface area contributed by atoms with Crippen molar-refractivity contribution in [2.45, 2.75) is 25.2 Å². The standard InChI is InChI=1S/C24H26N4O/c25-14-18-15-27(16-21(18)17-8-3-1-4-9-17)24(29)23-20-12-7-13-22(20)28(26-23)19-10-5-2-6-11-19/h1-6,8-11,18,21H,7,12-16,25H2/t18-,21+/m1/s1. The first-order chi connectivity index (χ1) is 14.3. The molecular formula is C24H26N4O. The van der Waals surface area contributed by atoms with Crippen LogP contribution in [-0.4, -0.2) is 40.2 Å². The number of nitrogens with zero attached hydrogens (tertiary/aromatic N) is 3. The molecule has 29 heavy (non-hydrogen) atoms. The molecule has 0 bridgehead atoms. The second-order valence-corrected chi connectivity index (χ2v) is 8.10. The average Bonchev–Trinajstić information content (AvgIpc) is 3.49. The van der Waals surface area contributed by atoms with Crippen LogP contribution in [-0.2, 0) is 12.8 Å². The van der Waals surface area contributed by atoms with Gasteiger partial charge in [0.05, 0.1) is 5.69 Å². The van der Waals surface area contributed by atoms with Crippen molar-refractivity contribution in [3.63, 3.8) is 0 Å². The molecule has 2 atom stereocenters. The van der Waals surface area contributed by atoms with Crippen molar-refractivity contribution >= 4 is 5.91 Å². The lowest BCUT2D eigenvalue weighted by atomic mass is 9.89. The van der Waals surface area contributed by atoms with Gasteiger partial charge in [0, 0.05) is 30.3 Å². The van der Waals surface area contributed by atoms with Gasteiger partial charge in [-0.1, -0.05) is 48.5 Å². The molecule has 2 aliphatic rings. The number of amides is 1. The molecule has 5 rings (SSSR count). The van der Waals surface area contributed by atoms with Crippen molar-refractivity contribution in [2.24, 2.45) is 11.7 Å². The fourth-order valence-electron chi connectivity index (χ4n) is 4.90. The topological polar surface area (TPSA) is 64.2 Å². The molecule has 2 N–H and O–H groups in total. The van der Waals surface area contributed by atoms with Gasteiger partial charge in [-0.05, 0) is 49.4 Å². The quantitative estimate of drug-likeness (QED) is 0.749. The summed E-state index contributed by atoms with van der Waals surface area (Å²) < 4.78 is 1.97. The summed E-state index contributed by atoms with van der Waals surface area (Å²) in [6.07, 6.45) is 2.99. The van der Waals surface area contributed by atoms with Gasteiger partial charge in [0.25, 0.3) is 5.91 Å². The van der Waals surface area contributed by atoms with Crippen LogP contribution in [0.4, 0.5) is 0 Å². The Morgan fingerprint density at radius 1 is 1.00 bits per heavy atom. The number of rotatable bonds is 4. The van der Waals surface area contributed by atoms with E-state index in [4.69, 9.17) is 10.8 Å². The lowest BCUT2D eigenvalue weighted by Crippen LogP contribution is -2.31. The summed E-state index contributed by atoms with van der Waals surface area (Å²) in [7, 11) is 0. The van der Waals surface area contributed by atoms with Crippen molar-refractivity contribution in [1.29, 1.82) is 0 Å². The summed E-state index contributed by atoms with van der Waals surface area (Å²) in [5.74, 6) is 0.620. The summed E-state index contributed by atoms with van der Waals surface area (Å²) >= 11 is 0. The molecule has 1 amide bonds. The third-order valence-corrected chi connectivity index (χ3v) is 6.39. The second kappa shape index (κ2) is 7.48. The maximum Gasteiger partial charge on any atom is 0.274 e. The van der Waals surface area contributed by atoms with E-state index >= 15 is 0 Å². The van der Waals surface area contributed by atoms with Gasteiger partial charge in [-0.15, -0.1) is 0 Å². The van der Waals surface area contributed by atoms with Crippen LogP contribution >= 0.6 is 0 Å². The number of para-hydroxylation sites is 1. The first-order valence-corrected chi connectivity index (χ1v) is 10.5. The van der Waals surface area contributed by atoms with Crippen LogP contribution in [0, 0.1) is 5.92 Å². The number of carbonyl (C=O) groups is 1. The summed E-state index contributed by atoms with van der Waals surface area (Å²) in [6, 6.07) is 20.5. The van der Waals surface area contributed by atoms with Gasteiger partial charge >= 0.3 is 0 Å². The van der Waals surface area contributed by atoms with Crippen LogP contribution < -0.4 is 5.73 Å². The maximum absolute atomic E-state index is 13.5. The molecular weight excluding hydrogens is 360 g/mol. The minimum absolute atomic E-state index is 0.0507. The Morgan fingerprint density at radius 3 is 2.45 bits per heavy atom. The first kappa shape index (κ1) is 18.1. The zero-order valence-electron chi connectivity index (χ0n) is 16.5. The van der Waals surface area contributed by atoms with E-state index < -0.39 is 0 Å². The number of aromatic nitrogens is 2. The molecule has 2 heterocycles. The highest BCUT2D eigenvalue weighted by Gasteiger charge is 2.38. The van der Waals surface area contributed by atoms with Crippen molar-refractivity contribution in [2.75, 3.05) is 19.6 Å². The number of benzene rings is 2. The molecule has 5 heteroatoms. The molecule has 1 saturated heterocycles. The second-order valence-electron chi connectivity index (χ2n) is 8.10. The van der Waals surface area contributed by atoms with Crippen molar-refractivity contribution in [3.8, 4) is 5.69 Å². The van der Waals surface area contributed by atoms with Gasteiger partial charge in [0.2, 0.25) is 0 Å². The molecule has 1 aliphatic carbocycles. The van der Waals surface area contributed by atoms with E-state index in [-0.39, 0.29) is 17.7 Å². The van der Waals surface area contributed by atoms with Gasteiger partial charge < -0.3 is 10.6 Å². The molecule has 0 unspecified atom stereocenters. The van der Waals surface area contributed by atoms with Crippen molar-refractivity contribution < 1.29 is 4.79 Å². The zero-order chi connectivity index (χ0) is 19.8. The first-order valence-electron chi connectivity index (χ1n) is 10.5. The number of carbonyl (C=O) groups excluding carboxylic acids is 1. The molecule has 1 aliphatic heterocycles. The largest absolute Gasteiger partial charge is 0.336 e. The normalized spacial score (nSPS) is 20.8. The molecule has 0 saturated carbocycles. The van der Waals surface area contributed by atoms with Crippen LogP contribution in [0.25, 0.3) is 5.69 Å². The Balaban J connectivity index is 1.46. The highest BCUT2D eigenvalue weighted by molar-refractivity contribution is 5.94. The van der Waals surface area contributed by atoms with Crippen LogP contribution in [0.3, 0.4) is 0 Å². The van der Waals surface area contributed by atoms with Crippen molar-refractivity contribution in [1.82, 2.24) is 14.7 Å². The van der Waals surface area contributed by atoms with Gasteiger partial charge in [-0.3, -0.25) is 4.79 Å². The Labute approximate surface area is 171 Å². The van der Waals surface area contributed by atoms with E-state index in [1.165, 1.54) is 11.3 Å². The Morgan fingerprint density at radius 2 is 1.72 bits per heavy atom. The molecule has 3 aromatic rings. The zero-order valence-corrected chi connectivity index (χ0v) is 16.5. The highest BCUT2D eigenvalue weighted by atomic mass is 16.2. The Hall–Kier alpha value is -2.92. The third-order valence-electron chi connectivity index (χ3n) is 6.39. The predicted octanol–water partition coefficient (Wildman–Crippen LogP) is 3.18. The van der Waals surface area contributed by atoms with Crippen LogP contribution in [0.2, 0.25) is 0 Å². The van der Waals surface area contributed by atoms with E-state index in [0.29, 0.717) is 25.3 Å². The monoisotopic (exact) mass is 386 g/mol. The van der Waals surface area contributed by atoms with E-state index in [9.17, 15) is 4.79 Å². The number of hydrogen-bond acceptors (Lipinski definition) is 3. The number of fused-ring (bicyclic) bond motifs is 1. The Kier molecular flexibility index (Phi) is 4.68. The lowest BCUT2D eigenvalue weighted by Gasteiger charge is -2.16. The number of hydrogen-bond donors (Lipinski definition) is 1. The highest BCUT2D eigenvalue weighted by Crippen LogP contribution is 2.34. The van der Waals surface area contributed by atoms with Crippen LogP contribution in [0.15, 0.2) is 60.7 Å². The molecule has 5 nitrogen and oxygen atoms in total. The van der Waals surface area contributed by atoms with Gasteiger partial charge in [-0.2, -0.15) is 5.10 Å². The smallest absolute Gasteiger partial charge is 0.274 e. The molecule has 0 radical (unpaired) electrons.